The van der Waals surface area contributed by atoms with Crippen molar-refractivity contribution in [1.82, 2.24) is 0 Å². The lowest BCUT2D eigenvalue weighted by Gasteiger charge is -2.32. The Kier molecular flexibility index (Phi) is 6.94. The molecule has 1 rings (SSSR count). The molecule has 0 saturated carbocycles. The van der Waals surface area contributed by atoms with Crippen LogP contribution in [0.3, 0.4) is 0 Å². The van der Waals surface area contributed by atoms with Crippen molar-refractivity contribution in [1.29, 1.82) is 0 Å². The van der Waals surface area contributed by atoms with E-state index in [4.69, 9.17) is 4.74 Å². The van der Waals surface area contributed by atoms with Gasteiger partial charge in [-0.05, 0) is 18.9 Å². The number of nitro benzene ring substituents is 1. The van der Waals surface area contributed by atoms with Crippen molar-refractivity contribution < 1.29 is 9.66 Å². The normalized spacial score (nSPS) is 10.7. The Labute approximate surface area is 126 Å². The number of methoxy groups -OCH3 is 1. The van der Waals surface area contributed by atoms with Crippen LogP contribution in [-0.2, 0) is 4.74 Å². The van der Waals surface area contributed by atoms with Gasteiger partial charge in [0.25, 0.3) is 5.69 Å². The number of benzene rings is 1. The minimum absolute atomic E-state index is 0.102. The van der Waals surface area contributed by atoms with Gasteiger partial charge in [0.15, 0.2) is 0 Å². The van der Waals surface area contributed by atoms with Crippen molar-refractivity contribution in [2.24, 2.45) is 0 Å². The molecule has 6 nitrogen and oxygen atoms in total. The molecule has 21 heavy (non-hydrogen) atoms. The van der Waals surface area contributed by atoms with E-state index in [9.17, 15) is 10.1 Å². The summed E-state index contributed by atoms with van der Waals surface area (Å²) >= 11 is 0. The molecular weight excluding hydrogens is 270 g/mol. The van der Waals surface area contributed by atoms with Gasteiger partial charge in [-0.3, -0.25) is 10.1 Å². The van der Waals surface area contributed by atoms with E-state index < -0.39 is 0 Å². The summed E-state index contributed by atoms with van der Waals surface area (Å²) in [5.41, 5.74) is 1.71. The molecule has 1 aromatic rings. The first-order chi connectivity index (χ1) is 10.1. The second kappa shape index (κ2) is 8.46. The van der Waals surface area contributed by atoms with Crippen molar-refractivity contribution in [3.05, 3.63) is 28.3 Å². The highest BCUT2D eigenvalue weighted by Gasteiger charge is 2.19. The maximum atomic E-state index is 11.1. The van der Waals surface area contributed by atoms with Gasteiger partial charge in [0, 0.05) is 50.3 Å². The quantitative estimate of drug-likeness (QED) is 0.559. The van der Waals surface area contributed by atoms with E-state index in [1.54, 1.807) is 26.3 Å². The maximum Gasteiger partial charge on any atom is 0.273 e. The zero-order valence-corrected chi connectivity index (χ0v) is 13.3. The molecule has 0 radical (unpaired) electrons. The number of nitrogens with zero attached hydrogens (tertiary/aromatic N) is 2. The molecule has 0 spiro atoms. The molecule has 0 saturated heterocycles. The van der Waals surface area contributed by atoms with Crippen LogP contribution in [0.15, 0.2) is 18.2 Å². The molecule has 0 fully saturated rings. The van der Waals surface area contributed by atoms with E-state index in [0.717, 1.165) is 24.2 Å². The monoisotopic (exact) mass is 295 g/mol. The van der Waals surface area contributed by atoms with Gasteiger partial charge in [0.05, 0.1) is 11.5 Å². The van der Waals surface area contributed by atoms with Gasteiger partial charge in [0.1, 0.15) is 0 Å². The number of nitrogens with one attached hydrogen (secondary N) is 1. The fourth-order valence-electron chi connectivity index (χ4n) is 2.45. The van der Waals surface area contributed by atoms with E-state index in [-0.39, 0.29) is 10.6 Å². The van der Waals surface area contributed by atoms with Crippen molar-refractivity contribution in [3.8, 4) is 0 Å². The van der Waals surface area contributed by atoms with Gasteiger partial charge < -0.3 is 15.0 Å². The molecule has 0 bridgehead atoms. The molecular formula is C15H25N3O3. The minimum Gasteiger partial charge on any atom is -0.388 e. The third-order valence-corrected chi connectivity index (χ3v) is 3.65. The predicted molar refractivity (Wildman–Crippen MR) is 86.2 cm³/mol. The van der Waals surface area contributed by atoms with Crippen LogP contribution >= 0.6 is 0 Å². The van der Waals surface area contributed by atoms with Crippen molar-refractivity contribution in [2.75, 3.05) is 37.5 Å². The summed E-state index contributed by atoms with van der Waals surface area (Å²) in [7, 11) is 3.43. The predicted octanol–water partition coefficient (Wildman–Crippen LogP) is 3.28. The van der Waals surface area contributed by atoms with Gasteiger partial charge in [-0.1, -0.05) is 13.8 Å². The van der Waals surface area contributed by atoms with E-state index >= 15 is 0 Å². The summed E-state index contributed by atoms with van der Waals surface area (Å²) in [6.45, 7) is 5.57. The van der Waals surface area contributed by atoms with Crippen LogP contribution in [0.25, 0.3) is 0 Å². The number of non-ortho nitro benzene ring substituents is 1. The minimum atomic E-state index is -0.355. The van der Waals surface area contributed by atoms with Crippen molar-refractivity contribution >= 4 is 17.1 Å². The van der Waals surface area contributed by atoms with Crippen molar-refractivity contribution in [2.45, 2.75) is 32.7 Å². The van der Waals surface area contributed by atoms with Crippen LogP contribution in [0, 0.1) is 10.1 Å². The first-order valence-electron chi connectivity index (χ1n) is 7.30. The smallest absolute Gasteiger partial charge is 0.273 e. The van der Waals surface area contributed by atoms with Gasteiger partial charge in [-0.15, -0.1) is 0 Å². The van der Waals surface area contributed by atoms with E-state index in [2.05, 4.69) is 24.1 Å². The molecule has 1 N–H and O–H groups in total. The third kappa shape index (κ3) is 4.60. The van der Waals surface area contributed by atoms with Crippen LogP contribution < -0.4 is 10.2 Å². The molecule has 0 unspecified atom stereocenters. The number of rotatable bonds is 9. The molecule has 0 atom stereocenters. The third-order valence-electron chi connectivity index (χ3n) is 3.65. The van der Waals surface area contributed by atoms with Crippen LogP contribution in [0.5, 0.6) is 0 Å². The summed E-state index contributed by atoms with van der Waals surface area (Å²) < 4.78 is 5.18. The van der Waals surface area contributed by atoms with Gasteiger partial charge in [0.2, 0.25) is 0 Å². The van der Waals surface area contributed by atoms with Crippen LogP contribution in [-0.4, -0.2) is 38.3 Å². The maximum absolute atomic E-state index is 11.1. The summed E-state index contributed by atoms with van der Waals surface area (Å²) in [6, 6.07) is 5.47. The number of nitro groups is 1. The lowest BCUT2D eigenvalue weighted by molar-refractivity contribution is -0.384. The molecule has 1 aromatic carbocycles. The molecule has 118 valence electrons. The lowest BCUT2D eigenvalue weighted by Crippen LogP contribution is -2.37. The highest BCUT2D eigenvalue weighted by Crippen LogP contribution is 2.29. The van der Waals surface area contributed by atoms with Gasteiger partial charge in [-0.25, -0.2) is 0 Å². The lowest BCUT2D eigenvalue weighted by atomic mass is 10.1. The largest absolute Gasteiger partial charge is 0.388 e. The summed E-state index contributed by atoms with van der Waals surface area (Å²) in [5.74, 6) is 0. The zero-order chi connectivity index (χ0) is 15.8. The molecule has 0 aliphatic carbocycles. The fraction of sp³-hybridized carbons (Fsp3) is 0.600. The van der Waals surface area contributed by atoms with Crippen LogP contribution in [0.4, 0.5) is 17.1 Å². The number of hydrogen-bond acceptors (Lipinski definition) is 5. The Bertz CT molecular complexity index is 461. The molecule has 0 heterocycles. The summed E-state index contributed by atoms with van der Waals surface area (Å²) in [5, 5.41) is 14.1. The average molecular weight is 295 g/mol. The molecule has 6 heteroatoms. The van der Waals surface area contributed by atoms with Crippen LogP contribution in [0.2, 0.25) is 0 Å². The Morgan fingerprint density at radius 1 is 1.33 bits per heavy atom. The Morgan fingerprint density at radius 2 is 2.00 bits per heavy atom. The van der Waals surface area contributed by atoms with E-state index in [1.807, 2.05) is 6.07 Å². The first kappa shape index (κ1) is 17.2. The highest BCUT2D eigenvalue weighted by molar-refractivity contribution is 5.64. The molecule has 0 aliphatic heterocycles. The first-order valence-corrected chi connectivity index (χ1v) is 7.30. The Hall–Kier alpha value is -1.82. The summed E-state index contributed by atoms with van der Waals surface area (Å²) in [4.78, 5) is 12.9. The Balaban J connectivity index is 3.21. The summed E-state index contributed by atoms with van der Waals surface area (Å²) in [6.07, 6.45) is 1.97. The van der Waals surface area contributed by atoms with E-state index in [1.165, 1.54) is 0 Å². The van der Waals surface area contributed by atoms with Crippen molar-refractivity contribution in [3.63, 3.8) is 0 Å². The second-order valence-electron chi connectivity index (χ2n) is 4.90. The molecule has 0 aliphatic rings. The Morgan fingerprint density at radius 3 is 2.48 bits per heavy atom. The fourth-order valence-corrected chi connectivity index (χ4v) is 2.45. The zero-order valence-electron chi connectivity index (χ0n) is 13.3. The van der Waals surface area contributed by atoms with Gasteiger partial charge in [-0.2, -0.15) is 0 Å². The molecule has 0 amide bonds. The highest BCUT2D eigenvalue weighted by atomic mass is 16.6. The van der Waals surface area contributed by atoms with E-state index in [0.29, 0.717) is 19.2 Å². The van der Waals surface area contributed by atoms with Gasteiger partial charge >= 0.3 is 0 Å². The second-order valence-corrected chi connectivity index (χ2v) is 4.90. The van der Waals surface area contributed by atoms with Crippen LogP contribution in [0.1, 0.15) is 26.7 Å². The standard InChI is InChI=1S/C15H25N3O3/c1-5-13(6-2)17(7-8-21-4)14-9-12(16-3)10-15(11-14)18(19)20/h9-11,13,16H,5-8H2,1-4H3. The molecule has 0 aromatic heterocycles. The number of hydrogen-bond donors (Lipinski definition) is 1. The topological polar surface area (TPSA) is 67.6 Å². The number of anilines is 2. The SMILES string of the molecule is CCC(CC)N(CCOC)c1cc(NC)cc([N+](=O)[O-])c1. The number of ether oxygens (including phenoxy) is 1. The average Bonchev–Trinajstić information content (AvgIpc) is 2.50.